The van der Waals surface area contributed by atoms with E-state index in [0.29, 0.717) is 35.5 Å². The Bertz CT molecular complexity index is 676. The van der Waals surface area contributed by atoms with Crippen LogP contribution < -0.4 is 10.1 Å². The van der Waals surface area contributed by atoms with Crippen LogP contribution in [0.15, 0.2) is 34.9 Å². The third-order valence-electron chi connectivity index (χ3n) is 3.83. The summed E-state index contributed by atoms with van der Waals surface area (Å²) in [5.74, 6) is 1.72. The van der Waals surface area contributed by atoms with E-state index in [1.54, 1.807) is 26.2 Å². The zero-order chi connectivity index (χ0) is 20.1. The molecule has 1 N–H and O–H groups in total. The van der Waals surface area contributed by atoms with Crippen LogP contribution in [0.25, 0.3) is 0 Å². The summed E-state index contributed by atoms with van der Waals surface area (Å²) >= 11 is 5.70. The van der Waals surface area contributed by atoms with E-state index in [1.807, 2.05) is 25.1 Å². The lowest BCUT2D eigenvalue weighted by atomic mass is 10.0. The number of ether oxygens (including phenoxy) is 2. The number of halogens is 1. The molecule has 150 valence electrons. The summed E-state index contributed by atoms with van der Waals surface area (Å²) in [5, 5.41) is 7.24. The summed E-state index contributed by atoms with van der Waals surface area (Å²) in [7, 11) is 1.68. The van der Waals surface area contributed by atoms with E-state index in [2.05, 4.69) is 17.4 Å². The highest BCUT2D eigenvalue weighted by Gasteiger charge is 2.13. The summed E-state index contributed by atoms with van der Waals surface area (Å²) in [6.07, 6.45) is 1.96. The molecular weight excluding hydrogens is 368 g/mol. The minimum Gasteiger partial charge on any atom is -0.494 e. The molecule has 1 aromatic heterocycles. The summed E-state index contributed by atoms with van der Waals surface area (Å²) < 4.78 is 15.1. The number of amides is 1. The number of hydrogen-bond donors (Lipinski definition) is 1. The third-order valence-corrected chi connectivity index (χ3v) is 4.06. The molecule has 1 atom stereocenters. The summed E-state index contributed by atoms with van der Waals surface area (Å²) in [6, 6.07) is 9.00. The number of aryl methyl sites for hydroxylation is 1. The van der Waals surface area contributed by atoms with Gasteiger partial charge in [0.15, 0.2) is 5.69 Å². The molecule has 1 unspecified atom stereocenters. The molecule has 6 nitrogen and oxygen atoms in total. The van der Waals surface area contributed by atoms with Gasteiger partial charge in [-0.15, -0.1) is 0 Å². The van der Waals surface area contributed by atoms with Crippen LogP contribution in [0, 0.1) is 12.8 Å². The SMILES string of the molecule is CCC(CCOC)CNC(=O)c1cc(C)on1.CCOc1cccc(Cl)c1. The van der Waals surface area contributed by atoms with Crippen LogP contribution in [-0.2, 0) is 4.74 Å². The smallest absolute Gasteiger partial charge is 0.273 e. The van der Waals surface area contributed by atoms with Gasteiger partial charge in [-0.25, -0.2) is 0 Å². The van der Waals surface area contributed by atoms with Gasteiger partial charge in [0.1, 0.15) is 11.5 Å². The average Bonchev–Trinajstić information content (AvgIpc) is 3.09. The number of carbonyl (C=O) groups excluding carboxylic acids is 1. The predicted molar refractivity (Wildman–Crippen MR) is 106 cm³/mol. The molecule has 0 saturated carbocycles. The second-order valence-electron chi connectivity index (χ2n) is 5.98. The maximum absolute atomic E-state index is 11.7. The van der Waals surface area contributed by atoms with E-state index < -0.39 is 0 Å². The van der Waals surface area contributed by atoms with Crippen molar-refractivity contribution >= 4 is 17.5 Å². The van der Waals surface area contributed by atoms with Crippen LogP contribution in [0.5, 0.6) is 5.75 Å². The van der Waals surface area contributed by atoms with E-state index in [0.717, 1.165) is 25.2 Å². The van der Waals surface area contributed by atoms with E-state index in [9.17, 15) is 4.79 Å². The molecule has 2 rings (SSSR count). The van der Waals surface area contributed by atoms with Crippen molar-refractivity contribution in [2.45, 2.75) is 33.6 Å². The third kappa shape index (κ3) is 9.45. The monoisotopic (exact) mass is 396 g/mol. The van der Waals surface area contributed by atoms with Crippen LogP contribution in [-0.4, -0.2) is 37.9 Å². The van der Waals surface area contributed by atoms with Gasteiger partial charge in [-0.2, -0.15) is 0 Å². The maximum atomic E-state index is 11.7. The normalized spacial score (nSPS) is 11.3. The highest BCUT2D eigenvalue weighted by Crippen LogP contribution is 2.16. The Hall–Kier alpha value is -2.05. The maximum Gasteiger partial charge on any atom is 0.273 e. The lowest BCUT2D eigenvalue weighted by Gasteiger charge is -2.14. The van der Waals surface area contributed by atoms with E-state index in [-0.39, 0.29) is 5.91 Å². The van der Waals surface area contributed by atoms with Crippen LogP contribution in [0.4, 0.5) is 0 Å². The van der Waals surface area contributed by atoms with Gasteiger partial charge in [0.2, 0.25) is 0 Å². The molecule has 1 aromatic carbocycles. The zero-order valence-corrected chi connectivity index (χ0v) is 17.2. The van der Waals surface area contributed by atoms with Gasteiger partial charge in [0.05, 0.1) is 6.61 Å². The summed E-state index contributed by atoms with van der Waals surface area (Å²) in [5.41, 5.74) is 0.337. The number of rotatable bonds is 9. The number of nitrogens with one attached hydrogen (secondary N) is 1. The first-order chi connectivity index (χ1) is 13.0. The predicted octanol–water partition coefficient (Wildman–Crippen LogP) is 4.51. The lowest BCUT2D eigenvalue weighted by Crippen LogP contribution is -2.29. The molecule has 27 heavy (non-hydrogen) atoms. The molecule has 7 heteroatoms. The number of benzene rings is 1. The van der Waals surface area contributed by atoms with Crippen LogP contribution in [0.2, 0.25) is 5.02 Å². The number of carbonyl (C=O) groups is 1. The molecule has 0 bridgehead atoms. The second kappa shape index (κ2) is 13.2. The van der Waals surface area contributed by atoms with Gasteiger partial charge < -0.3 is 19.3 Å². The molecule has 0 fully saturated rings. The second-order valence-corrected chi connectivity index (χ2v) is 6.42. The van der Waals surface area contributed by atoms with Crippen molar-refractivity contribution in [2.24, 2.45) is 5.92 Å². The lowest BCUT2D eigenvalue weighted by molar-refractivity contribution is 0.0932. The van der Waals surface area contributed by atoms with Crippen molar-refractivity contribution < 1.29 is 18.8 Å². The van der Waals surface area contributed by atoms with Gasteiger partial charge in [-0.1, -0.05) is 36.2 Å². The molecule has 1 heterocycles. The molecule has 0 aliphatic rings. The molecule has 0 aliphatic carbocycles. The van der Waals surface area contributed by atoms with Gasteiger partial charge in [0.25, 0.3) is 5.91 Å². The zero-order valence-electron chi connectivity index (χ0n) is 16.5. The Balaban J connectivity index is 0.000000309. The molecule has 0 spiro atoms. The van der Waals surface area contributed by atoms with Crippen LogP contribution in [0.3, 0.4) is 0 Å². The Morgan fingerprint density at radius 2 is 2.11 bits per heavy atom. The summed E-state index contributed by atoms with van der Waals surface area (Å²) in [6.45, 7) is 7.85. The first-order valence-corrected chi connectivity index (χ1v) is 9.46. The molecule has 1 amide bonds. The standard InChI is InChI=1S/C12H20N2O3.C8H9ClO/c1-4-10(5-6-16-3)8-13-12(15)11-7-9(2)17-14-11;1-2-10-8-5-3-4-7(9)6-8/h7,10H,4-6,8H2,1-3H3,(H,13,15);3-6H,2H2,1H3. The molecule has 0 aliphatic heterocycles. The van der Waals surface area contributed by atoms with E-state index in [4.69, 9.17) is 25.6 Å². The molecular formula is C20H29ClN2O4. The number of aromatic nitrogens is 1. The fourth-order valence-corrected chi connectivity index (χ4v) is 2.44. The topological polar surface area (TPSA) is 73.6 Å². The fourth-order valence-electron chi connectivity index (χ4n) is 2.26. The van der Waals surface area contributed by atoms with Crippen LogP contribution >= 0.6 is 11.6 Å². The Morgan fingerprint density at radius 1 is 1.33 bits per heavy atom. The van der Waals surface area contributed by atoms with Gasteiger partial charge >= 0.3 is 0 Å². The summed E-state index contributed by atoms with van der Waals surface area (Å²) in [4.78, 5) is 11.7. The highest BCUT2D eigenvalue weighted by atomic mass is 35.5. The average molecular weight is 397 g/mol. The van der Waals surface area contributed by atoms with Crippen molar-refractivity contribution in [3.8, 4) is 5.75 Å². The highest BCUT2D eigenvalue weighted by molar-refractivity contribution is 6.30. The van der Waals surface area contributed by atoms with Gasteiger partial charge in [-0.05, 0) is 44.4 Å². The van der Waals surface area contributed by atoms with Crippen LogP contribution in [0.1, 0.15) is 42.9 Å². The van der Waals surface area contributed by atoms with Gasteiger partial charge in [-0.3, -0.25) is 4.79 Å². The van der Waals surface area contributed by atoms with E-state index >= 15 is 0 Å². The number of methoxy groups -OCH3 is 1. The molecule has 0 radical (unpaired) electrons. The number of hydrogen-bond acceptors (Lipinski definition) is 5. The van der Waals surface area contributed by atoms with Crippen molar-refractivity contribution in [1.29, 1.82) is 0 Å². The number of nitrogens with zero attached hydrogens (tertiary/aromatic N) is 1. The first-order valence-electron chi connectivity index (χ1n) is 9.08. The molecule has 0 saturated heterocycles. The minimum absolute atomic E-state index is 0.183. The van der Waals surface area contributed by atoms with Crippen molar-refractivity contribution in [3.05, 3.63) is 46.8 Å². The fraction of sp³-hybridized carbons (Fsp3) is 0.500. The van der Waals surface area contributed by atoms with Crippen molar-refractivity contribution in [2.75, 3.05) is 26.9 Å². The van der Waals surface area contributed by atoms with Crippen molar-refractivity contribution in [3.63, 3.8) is 0 Å². The first kappa shape index (κ1) is 23.0. The Labute approximate surface area is 166 Å². The van der Waals surface area contributed by atoms with E-state index in [1.165, 1.54) is 0 Å². The largest absolute Gasteiger partial charge is 0.494 e. The minimum atomic E-state index is -0.183. The Morgan fingerprint density at radius 3 is 2.67 bits per heavy atom. The quantitative estimate of drug-likeness (QED) is 0.674. The molecule has 2 aromatic rings. The van der Waals surface area contributed by atoms with Gasteiger partial charge in [0, 0.05) is 31.4 Å². The van der Waals surface area contributed by atoms with Crippen molar-refractivity contribution in [1.82, 2.24) is 10.5 Å². The Kier molecular flexibility index (Phi) is 11.2.